The van der Waals surface area contributed by atoms with Gasteiger partial charge in [0, 0.05) is 25.4 Å². The Labute approximate surface area is 136 Å². The molecule has 0 spiro atoms. The number of aliphatic hydroxyl groups excluding tert-OH is 1. The van der Waals surface area contributed by atoms with Crippen molar-refractivity contribution in [2.75, 3.05) is 32.1 Å². The fourth-order valence-electron chi connectivity index (χ4n) is 2.55. The molecule has 0 unspecified atom stereocenters. The largest absolute Gasteiger partial charge is 0.469 e. The number of esters is 1. The maximum atomic E-state index is 11.2. The van der Waals surface area contributed by atoms with E-state index in [0.717, 1.165) is 37.2 Å². The summed E-state index contributed by atoms with van der Waals surface area (Å²) < 4.78 is 4.65. The molecular formula is C16H22N2O3S. The molecular weight excluding hydrogens is 300 g/mol. The van der Waals surface area contributed by atoms with E-state index in [2.05, 4.69) is 15.0 Å². The number of carbonyl (C=O) groups excluding carboxylic acids is 1. The lowest BCUT2D eigenvalue weighted by Gasteiger charge is -2.33. The number of carbonyl (C=O) groups is 1. The van der Waals surface area contributed by atoms with E-state index in [0.29, 0.717) is 11.0 Å². The van der Waals surface area contributed by atoms with E-state index in [-0.39, 0.29) is 19.0 Å². The van der Waals surface area contributed by atoms with Crippen molar-refractivity contribution in [1.29, 1.82) is 0 Å². The van der Waals surface area contributed by atoms with Gasteiger partial charge in [-0.1, -0.05) is 12.1 Å². The van der Waals surface area contributed by atoms with Crippen LogP contribution >= 0.6 is 12.2 Å². The van der Waals surface area contributed by atoms with Crippen molar-refractivity contribution >= 4 is 29.0 Å². The summed E-state index contributed by atoms with van der Waals surface area (Å²) in [4.78, 5) is 13.3. The van der Waals surface area contributed by atoms with Crippen molar-refractivity contribution in [3.8, 4) is 0 Å². The fraction of sp³-hybridized carbons (Fsp3) is 0.500. The Morgan fingerprint density at radius 1 is 1.45 bits per heavy atom. The lowest BCUT2D eigenvalue weighted by atomic mass is 9.99. The average Bonchev–Trinajstić information content (AvgIpc) is 2.56. The highest BCUT2D eigenvalue weighted by molar-refractivity contribution is 7.80. The van der Waals surface area contributed by atoms with Gasteiger partial charge in [0.1, 0.15) is 0 Å². The number of hydrogen-bond donors (Lipinski definition) is 2. The first-order chi connectivity index (χ1) is 10.6. The third-order valence-corrected chi connectivity index (χ3v) is 4.21. The summed E-state index contributed by atoms with van der Waals surface area (Å²) in [5.74, 6) is 0.0514. The van der Waals surface area contributed by atoms with Crippen molar-refractivity contribution < 1.29 is 14.6 Å². The highest BCUT2D eigenvalue weighted by atomic mass is 32.1. The van der Waals surface area contributed by atoms with Crippen LogP contribution in [0.4, 0.5) is 5.69 Å². The third kappa shape index (κ3) is 4.68. The topological polar surface area (TPSA) is 61.8 Å². The zero-order chi connectivity index (χ0) is 15.9. The zero-order valence-corrected chi connectivity index (χ0v) is 13.6. The highest BCUT2D eigenvalue weighted by Crippen LogP contribution is 2.18. The Balaban J connectivity index is 1.90. The molecule has 1 aromatic rings. The van der Waals surface area contributed by atoms with Crippen LogP contribution in [0.1, 0.15) is 18.4 Å². The van der Waals surface area contributed by atoms with E-state index < -0.39 is 0 Å². The third-order valence-electron chi connectivity index (χ3n) is 3.85. The Hall–Kier alpha value is -1.66. The molecule has 5 nitrogen and oxygen atoms in total. The lowest BCUT2D eigenvalue weighted by Crippen LogP contribution is -2.43. The van der Waals surface area contributed by atoms with Crippen molar-refractivity contribution in [1.82, 2.24) is 4.90 Å². The van der Waals surface area contributed by atoms with Crippen LogP contribution in [0.2, 0.25) is 0 Å². The van der Waals surface area contributed by atoms with Gasteiger partial charge in [-0.25, -0.2) is 0 Å². The number of likely N-dealkylation sites (tertiary alicyclic amines) is 1. The van der Waals surface area contributed by atoms with Gasteiger partial charge in [0.25, 0.3) is 0 Å². The molecule has 2 rings (SSSR count). The van der Waals surface area contributed by atoms with Crippen molar-refractivity contribution in [2.24, 2.45) is 5.92 Å². The average molecular weight is 322 g/mol. The summed E-state index contributed by atoms with van der Waals surface area (Å²) in [5.41, 5.74) is 1.80. The molecule has 0 amide bonds. The van der Waals surface area contributed by atoms with Gasteiger partial charge in [-0.3, -0.25) is 4.79 Å². The number of nitrogens with zero attached hydrogens (tertiary/aromatic N) is 1. The molecule has 1 aromatic carbocycles. The first kappa shape index (κ1) is 16.7. The van der Waals surface area contributed by atoms with Crippen LogP contribution in [0.25, 0.3) is 0 Å². The van der Waals surface area contributed by atoms with E-state index in [1.165, 1.54) is 7.11 Å². The van der Waals surface area contributed by atoms with Crippen LogP contribution < -0.4 is 5.32 Å². The second-order valence-electron chi connectivity index (χ2n) is 5.52. The number of methoxy groups -OCH3 is 1. The quantitative estimate of drug-likeness (QED) is 0.651. The Bertz CT molecular complexity index is 519. The van der Waals surface area contributed by atoms with Crippen LogP contribution in [0.3, 0.4) is 0 Å². The minimum atomic E-state index is -0.250. The number of hydrogen-bond acceptors (Lipinski definition) is 4. The van der Waals surface area contributed by atoms with Crippen molar-refractivity contribution in [3.05, 3.63) is 29.8 Å². The molecule has 0 radical (unpaired) electrons. The Morgan fingerprint density at radius 2 is 2.18 bits per heavy atom. The van der Waals surface area contributed by atoms with E-state index in [4.69, 9.17) is 12.2 Å². The molecule has 0 bridgehead atoms. The molecule has 6 heteroatoms. The van der Waals surface area contributed by atoms with E-state index >= 15 is 0 Å². The Kier molecular flexibility index (Phi) is 6.15. The fourth-order valence-corrected chi connectivity index (χ4v) is 2.83. The molecule has 22 heavy (non-hydrogen) atoms. The number of anilines is 1. The number of rotatable bonds is 4. The molecule has 1 atom stereocenters. The normalized spacial score (nSPS) is 17.9. The van der Waals surface area contributed by atoms with Gasteiger partial charge in [-0.2, -0.15) is 0 Å². The second kappa shape index (κ2) is 8.10. The smallest absolute Gasteiger partial charge is 0.309 e. The SMILES string of the molecule is COC(=O)Cc1ccc(NC(=S)N2CCC[C@H](CO)C2)cc1. The standard InChI is InChI=1S/C16H22N2O3S/c1-21-15(20)9-12-4-6-14(7-5-12)17-16(22)18-8-2-3-13(10-18)11-19/h4-7,13,19H,2-3,8-11H2,1H3,(H,17,22)/t13-/m0/s1. The first-order valence-electron chi connectivity index (χ1n) is 7.45. The molecule has 120 valence electrons. The molecule has 0 aliphatic carbocycles. The van der Waals surface area contributed by atoms with Gasteiger partial charge in [0.2, 0.25) is 0 Å². The number of thiocarbonyl (C=S) groups is 1. The molecule has 1 heterocycles. The maximum absolute atomic E-state index is 11.2. The van der Waals surface area contributed by atoms with Crippen LogP contribution in [-0.4, -0.2) is 47.9 Å². The maximum Gasteiger partial charge on any atom is 0.309 e. The number of piperidine rings is 1. The van der Waals surface area contributed by atoms with E-state index in [1.807, 2.05) is 24.3 Å². The summed E-state index contributed by atoms with van der Waals surface area (Å²) in [7, 11) is 1.38. The summed E-state index contributed by atoms with van der Waals surface area (Å²) in [5, 5.41) is 13.2. The Morgan fingerprint density at radius 3 is 2.82 bits per heavy atom. The van der Waals surface area contributed by atoms with Crippen molar-refractivity contribution in [3.63, 3.8) is 0 Å². The van der Waals surface area contributed by atoms with Gasteiger partial charge in [0.05, 0.1) is 13.5 Å². The van der Waals surface area contributed by atoms with Crippen molar-refractivity contribution in [2.45, 2.75) is 19.3 Å². The summed E-state index contributed by atoms with van der Waals surface area (Å²) in [6.45, 7) is 1.92. The van der Waals surface area contributed by atoms with Crippen LogP contribution in [-0.2, 0) is 16.0 Å². The molecule has 0 saturated carbocycles. The van der Waals surface area contributed by atoms with Gasteiger partial charge in [0.15, 0.2) is 5.11 Å². The summed E-state index contributed by atoms with van der Waals surface area (Å²) >= 11 is 5.44. The summed E-state index contributed by atoms with van der Waals surface area (Å²) in [6, 6.07) is 7.57. The number of ether oxygens (including phenoxy) is 1. The summed E-state index contributed by atoms with van der Waals surface area (Å²) in [6.07, 6.45) is 2.37. The monoisotopic (exact) mass is 322 g/mol. The lowest BCUT2D eigenvalue weighted by molar-refractivity contribution is -0.139. The second-order valence-corrected chi connectivity index (χ2v) is 5.90. The molecule has 1 fully saturated rings. The molecule has 0 aromatic heterocycles. The first-order valence-corrected chi connectivity index (χ1v) is 7.85. The predicted molar refractivity (Wildman–Crippen MR) is 89.8 cm³/mol. The van der Waals surface area contributed by atoms with Crippen LogP contribution in [0, 0.1) is 5.92 Å². The highest BCUT2D eigenvalue weighted by Gasteiger charge is 2.21. The van der Waals surface area contributed by atoms with E-state index in [1.54, 1.807) is 0 Å². The minimum Gasteiger partial charge on any atom is -0.469 e. The molecule has 1 aliphatic heterocycles. The molecule has 2 N–H and O–H groups in total. The van der Waals surface area contributed by atoms with E-state index in [9.17, 15) is 9.90 Å². The van der Waals surface area contributed by atoms with Crippen LogP contribution in [0.5, 0.6) is 0 Å². The number of nitrogens with one attached hydrogen (secondary N) is 1. The predicted octanol–water partition coefficient (Wildman–Crippen LogP) is 1.80. The van der Waals surface area contributed by atoms with Crippen LogP contribution in [0.15, 0.2) is 24.3 Å². The van der Waals surface area contributed by atoms with Gasteiger partial charge >= 0.3 is 5.97 Å². The molecule has 1 saturated heterocycles. The minimum absolute atomic E-state index is 0.210. The van der Waals surface area contributed by atoms with Gasteiger partial charge in [-0.05, 0) is 48.7 Å². The van der Waals surface area contributed by atoms with Gasteiger partial charge in [-0.15, -0.1) is 0 Å². The number of benzene rings is 1. The zero-order valence-electron chi connectivity index (χ0n) is 12.7. The van der Waals surface area contributed by atoms with Gasteiger partial charge < -0.3 is 20.1 Å². The number of aliphatic hydroxyl groups is 1. The molecule has 1 aliphatic rings.